The number of esters is 4. The molecule has 0 aliphatic carbocycles. The van der Waals surface area contributed by atoms with E-state index in [4.69, 9.17) is 24.7 Å². The molecule has 13 heteroatoms. The SMILES string of the molecule is CC(=O)OC[C@@H](C(=O)O)N(C(=O)[C@@H](N)Cc1ccc(OC(C)=O)c(OC(C)=O)c1)c1ccc(OC(C)=O)cc1. The van der Waals surface area contributed by atoms with Crippen molar-refractivity contribution in [3.63, 3.8) is 0 Å². The van der Waals surface area contributed by atoms with Gasteiger partial charge in [0.15, 0.2) is 17.5 Å². The number of carboxylic acid groups (broad SMARTS) is 1. The van der Waals surface area contributed by atoms with Crippen molar-refractivity contribution in [2.24, 2.45) is 5.73 Å². The van der Waals surface area contributed by atoms with E-state index in [1.165, 1.54) is 56.3 Å². The van der Waals surface area contributed by atoms with E-state index in [9.17, 15) is 33.9 Å². The molecule has 2 aromatic rings. The number of anilines is 1. The zero-order chi connectivity index (χ0) is 29.3. The predicted octanol–water partition coefficient (Wildman–Crippen LogP) is 1.38. The smallest absolute Gasteiger partial charge is 0.330 e. The lowest BCUT2D eigenvalue weighted by atomic mass is 10.0. The Morgan fingerprint density at radius 2 is 1.36 bits per heavy atom. The summed E-state index contributed by atoms with van der Waals surface area (Å²) in [6.07, 6.45) is -0.143. The van der Waals surface area contributed by atoms with Crippen LogP contribution >= 0.6 is 0 Å². The summed E-state index contributed by atoms with van der Waals surface area (Å²) in [5.74, 6) is -4.92. The number of aliphatic carboxylic acids is 1. The van der Waals surface area contributed by atoms with Crippen molar-refractivity contribution >= 4 is 41.4 Å². The summed E-state index contributed by atoms with van der Waals surface area (Å²) in [4.78, 5) is 72.0. The van der Waals surface area contributed by atoms with E-state index in [0.717, 1.165) is 18.7 Å². The minimum Gasteiger partial charge on any atom is -0.480 e. The summed E-state index contributed by atoms with van der Waals surface area (Å²) in [5.41, 5.74) is 6.68. The quantitative estimate of drug-likeness (QED) is 0.306. The molecule has 1 amide bonds. The molecule has 0 unspecified atom stereocenters. The number of rotatable bonds is 11. The summed E-state index contributed by atoms with van der Waals surface area (Å²) in [6.45, 7) is 3.95. The van der Waals surface area contributed by atoms with Gasteiger partial charge in [-0.05, 0) is 48.4 Å². The van der Waals surface area contributed by atoms with Crippen molar-refractivity contribution in [3.05, 3.63) is 48.0 Å². The van der Waals surface area contributed by atoms with Gasteiger partial charge in [-0.1, -0.05) is 6.07 Å². The molecule has 0 radical (unpaired) electrons. The summed E-state index contributed by atoms with van der Waals surface area (Å²) in [5, 5.41) is 9.85. The van der Waals surface area contributed by atoms with Crippen molar-refractivity contribution in [2.45, 2.75) is 46.2 Å². The fourth-order valence-corrected chi connectivity index (χ4v) is 3.43. The number of ether oxygens (including phenoxy) is 4. The maximum absolute atomic E-state index is 13.5. The van der Waals surface area contributed by atoms with Gasteiger partial charge in [-0.2, -0.15) is 0 Å². The molecule has 0 saturated heterocycles. The van der Waals surface area contributed by atoms with Crippen LogP contribution in [0.25, 0.3) is 0 Å². The Morgan fingerprint density at radius 1 is 0.795 bits per heavy atom. The molecular weight excluding hydrogens is 516 g/mol. The van der Waals surface area contributed by atoms with Gasteiger partial charge >= 0.3 is 29.8 Å². The van der Waals surface area contributed by atoms with Crippen LogP contribution in [0.4, 0.5) is 5.69 Å². The van der Waals surface area contributed by atoms with Gasteiger partial charge in [0.25, 0.3) is 0 Å². The van der Waals surface area contributed by atoms with E-state index in [0.29, 0.717) is 5.56 Å². The van der Waals surface area contributed by atoms with Crippen LogP contribution in [0.15, 0.2) is 42.5 Å². The van der Waals surface area contributed by atoms with E-state index >= 15 is 0 Å². The Morgan fingerprint density at radius 3 is 1.87 bits per heavy atom. The normalized spacial score (nSPS) is 11.9. The second-order valence-electron chi connectivity index (χ2n) is 8.23. The molecule has 3 N–H and O–H groups in total. The number of carbonyl (C=O) groups excluding carboxylic acids is 5. The molecule has 2 atom stereocenters. The molecule has 0 fully saturated rings. The first-order valence-electron chi connectivity index (χ1n) is 11.5. The Labute approximate surface area is 223 Å². The number of nitrogens with zero attached hydrogens (tertiary/aromatic N) is 1. The standard InChI is InChI=1S/C26H28N2O11/c1-14(29)36-13-22(26(34)35)28(19-6-8-20(9-7-19)37-15(2)30)25(33)21(27)11-18-5-10-23(38-16(3)31)24(12-18)39-17(4)32/h5-10,12,21-22H,11,13,27H2,1-4H3,(H,34,35)/t21-,22-/m0/s1. The molecule has 0 aliphatic rings. The van der Waals surface area contributed by atoms with Gasteiger partial charge in [0.05, 0.1) is 6.04 Å². The fraction of sp³-hybridized carbons (Fsp3) is 0.308. The summed E-state index contributed by atoms with van der Waals surface area (Å²) in [6, 6.07) is 6.65. The molecule has 39 heavy (non-hydrogen) atoms. The third-order valence-electron chi connectivity index (χ3n) is 4.94. The van der Waals surface area contributed by atoms with Gasteiger partial charge in [0.2, 0.25) is 5.91 Å². The summed E-state index contributed by atoms with van der Waals surface area (Å²) in [7, 11) is 0. The molecule has 0 aliphatic heterocycles. The molecule has 0 aromatic heterocycles. The van der Waals surface area contributed by atoms with E-state index < -0.39 is 54.4 Å². The van der Waals surface area contributed by atoms with Gasteiger partial charge in [0.1, 0.15) is 12.4 Å². The highest BCUT2D eigenvalue weighted by Gasteiger charge is 2.35. The van der Waals surface area contributed by atoms with Gasteiger partial charge in [0, 0.05) is 33.4 Å². The van der Waals surface area contributed by atoms with Crippen LogP contribution in [0.1, 0.15) is 33.3 Å². The number of nitrogens with two attached hydrogens (primary N) is 1. The average molecular weight is 545 g/mol. The molecule has 13 nitrogen and oxygen atoms in total. The van der Waals surface area contributed by atoms with E-state index in [1.807, 2.05) is 0 Å². The highest BCUT2D eigenvalue weighted by atomic mass is 16.6. The molecule has 0 saturated carbocycles. The third kappa shape index (κ3) is 9.23. The molecule has 2 rings (SSSR count). The summed E-state index contributed by atoms with van der Waals surface area (Å²) >= 11 is 0. The number of carboxylic acids is 1. The zero-order valence-electron chi connectivity index (χ0n) is 21.7. The molecular formula is C26H28N2O11. The van der Waals surface area contributed by atoms with Gasteiger partial charge in [-0.3, -0.25) is 28.9 Å². The lowest BCUT2D eigenvalue weighted by molar-refractivity contribution is -0.147. The third-order valence-corrected chi connectivity index (χ3v) is 4.94. The van der Waals surface area contributed by atoms with Gasteiger partial charge in [-0.25, -0.2) is 4.79 Å². The van der Waals surface area contributed by atoms with Gasteiger partial charge in [-0.15, -0.1) is 0 Å². The van der Waals surface area contributed by atoms with Crippen molar-refractivity contribution in [1.82, 2.24) is 0 Å². The maximum Gasteiger partial charge on any atom is 0.330 e. The molecule has 0 spiro atoms. The minimum absolute atomic E-state index is 0.0248. The van der Waals surface area contributed by atoms with Crippen LogP contribution in [0.2, 0.25) is 0 Å². The van der Waals surface area contributed by atoms with E-state index in [2.05, 4.69) is 0 Å². The van der Waals surface area contributed by atoms with Crippen LogP contribution in [-0.4, -0.2) is 59.6 Å². The first-order valence-corrected chi connectivity index (χ1v) is 11.5. The van der Waals surface area contributed by atoms with Crippen LogP contribution in [0.3, 0.4) is 0 Å². The highest BCUT2D eigenvalue weighted by molar-refractivity contribution is 6.02. The second-order valence-corrected chi connectivity index (χ2v) is 8.23. The molecule has 2 aromatic carbocycles. The Balaban J connectivity index is 2.43. The van der Waals surface area contributed by atoms with Gasteiger partial charge < -0.3 is 29.8 Å². The Bertz CT molecular complexity index is 1260. The first kappa shape index (κ1) is 30.4. The lowest BCUT2D eigenvalue weighted by Crippen LogP contribution is -2.54. The fourth-order valence-electron chi connectivity index (χ4n) is 3.43. The van der Waals surface area contributed by atoms with Crippen LogP contribution < -0.4 is 24.8 Å². The lowest BCUT2D eigenvalue weighted by Gasteiger charge is -2.31. The minimum atomic E-state index is -1.64. The van der Waals surface area contributed by atoms with Crippen molar-refractivity contribution in [2.75, 3.05) is 11.5 Å². The zero-order valence-corrected chi connectivity index (χ0v) is 21.7. The number of carbonyl (C=O) groups is 6. The molecule has 0 heterocycles. The highest BCUT2D eigenvalue weighted by Crippen LogP contribution is 2.30. The van der Waals surface area contributed by atoms with Crippen LogP contribution in [0.5, 0.6) is 17.2 Å². The second kappa shape index (κ2) is 13.7. The van der Waals surface area contributed by atoms with Crippen LogP contribution in [0, 0.1) is 0 Å². The average Bonchev–Trinajstić information content (AvgIpc) is 2.82. The number of amides is 1. The topological polar surface area (TPSA) is 189 Å². The number of benzene rings is 2. The van der Waals surface area contributed by atoms with Crippen molar-refractivity contribution in [3.8, 4) is 17.2 Å². The van der Waals surface area contributed by atoms with Crippen molar-refractivity contribution < 1.29 is 52.8 Å². The molecule has 208 valence electrons. The predicted molar refractivity (Wildman–Crippen MR) is 134 cm³/mol. The van der Waals surface area contributed by atoms with E-state index in [-0.39, 0.29) is 29.4 Å². The largest absolute Gasteiger partial charge is 0.480 e. The monoisotopic (exact) mass is 544 g/mol. The van der Waals surface area contributed by atoms with Crippen LogP contribution in [-0.2, 0) is 39.9 Å². The molecule has 0 bridgehead atoms. The van der Waals surface area contributed by atoms with Crippen molar-refractivity contribution in [1.29, 1.82) is 0 Å². The Kier molecular flexibility index (Phi) is 10.7. The maximum atomic E-state index is 13.5. The first-order chi connectivity index (χ1) is 18.3. The summed E-state index contributed by atoms with van der Waals surface area (Å²) < 4.78 is 20.0. The Hall–Kier alpha value is -4.78. The number of hydrogen-bond acceptors (Lipinski definition) is 11. The van der Waals surface area contributed by atoms with E-state index in [1.54, 1.807) is 0 Å². The number of hydrogen-bond donors (Lipinski definition) is 2.